The van der Waals surface area contributed by atoms with E-state index in [0.717, 1.165) is 30.3 Å². The van der Waals surface area contributed by atoms with E-state index in [9.17, 15) is 4.79 Å². The maximum Gasteiger partial charge on any atom is 0.307 e. The number of hydrogen-bond donors (Lipinski definition) is 1. The Morgan fingerprint density at radius 2 is 2.06 bits per heavy atom. The molecule has 168 valence electrons. The van der Waals surface area contributed by atoms with Crippen molar-refractivity contribution in [1.82, 2.24) is 5.43 Å². The van der Waals surface area contributed by atoms with Gasteiger partial charge in [-0.05, 0) is 74.6 Å². The van der Waals surface area contributed by atoms with Crippen molar-refractivity contribution in [2.45, 2.75) is 52.0 Å². The highest BCUT2D eigenvalue weighted by Crippen LogP contribution is 2.45. The first kappa shape index (κ1) is 22.7. The second-order valence-corrected chi connectivity index (χ2v) is 9.84. The minimum Gasteiger partial charge on any atom is -0.451 e. The standard InChI is InChI=1S/C25H27Cl2N3O2/c1-5-8-30-21-12-20(27)17(10-19(21)15(2)13-25(30,3)4)14-28-29-24(31)23-11-16-9-18(26)6-7-22(16)32-23/h6-7,9-12,14-15H,5,8,13H2,1-4H3,(H,29,31)/b28-14-. The molecule has 0 radical (unpaired) electrons. The monoisotopic (exact) mass is 471 g/mol. The highest BCUT2D eigenvalue weighted by molar-refractivity contribution is 6.33. The second-order valence-electron chi connectivity index (χ2n) is 8.99. The van der Waals surface area contributed by atoms with Gasteiger partial charge in [0.05, 0.1) is 11.2 Å². The van der Waals surface area contributed by atoms with Crippen LogP contribution in [0.5, 0.6) is 0 Å². The van der Waals surface area contributed by atoms with Crippen LogP contribution in [-0.2, 0) is 0 Å². The molecule has 1 unspecified atom stereocenters. The smallest absolute Gasteiger partial charge is 0.307 e. The lowest BCUT2D eigenvalue weighted by Crippen LogP contribution is -2.48. The van der Waals surface area contributed by atoms with Gasteiger partial charge in [0, 0.05) is 33.7 Å². The predicted molar refractivity (Wildman–Crippen MR) is 132 cm³/mol. The molecule has 0 aliphatic carbocycles. The van der Waals surface area contributed by atoms with E-state index in [1.807, 2.05) is 6.07 Å². The van der Waals surface area contributed by atoms with Crippen molar-refractivity contribution in [1.29, 1.82) is 0 Å². The van der Waals surface area contributed by atoms with Crippen LogP contribution < -0.4 is 10.3 Å². The highest BCUT2D eigenvalue weighted by Gasteiger charge is 2.36. The van der Waals surface area contributed by atoms with Crippen LogP contribution in [0.4, 0.5) is 5.69 Å². The summed E-state index contributed by atoms with van der Waals surface area (Å²) in [5.41, 5.74) is 6.39. The molecule has 1 amide bonds. The summed E-state index contributed by atoms with van der Waals surface area (Å²) in [7, 11) is 0. The Morgan fingerprint density at radius 3 is 2.81 bits per heavy atom. The van der Waals surface area contributed by atoms with E-state index in [-0.39, 0.29) is 11.3 Å². The zero-order valence-electron chi connectivity index (χ0n) is 18.7. The first-order valence-electron chi connectivity index (χ1n) is 10.8. The number of furan rings is 1. The number of carbonyl (C=O) groups excluding carboxylic acids is 1. The Kier molecular flexibility index (Phi) is 6.24. The average molecular weight is 472 g/mol. The van der Waals surface area contributed by atoms with Crippen LogP contribution in [0.15, 0.2) is 45.9 Å². The summed E-state index contributed by atoms with van der Waals surface area (Å²) in [6, 6.07) is 10.9. The molecule has 1 aliphatic rings. The maximum atomic E-state index is 12.5. The zero-order valence-corrected chi connectivity index (χ0v) is 20.2. The van der Waals surface area contributed by atoms with Crippen LogP contribution in [0.3, 0.4) is 0 Å². The number of halogens is 2. The number of rotatable bonds is 5. The quantitative estimate of drug-likeness (QED) is 0.321. The summed E-state index contributed by atoms with van der Waals surface area (Å²) in [4.78, 5) is 14.9. The highest BCUT2D eigenvalue weighted by atomic mass is 35.5. The SMILES string of the molecule is CCCN1c2cc(Cl)c(/C=N\NC(=O)c3cc4cc(Cl)ccc4o3)cc2C(C)CC1(C)C. The van der Waals surface area contributed by atoms with Gasteiger partial charge in [-0.1, -0.05) is 37.0 Å². The van der Waals surface area contributed by atoms with Crippen molar-refractivity contribution in [3.05, 3.63) is 63.3 Å². The number of amides is 1. The molecule has 0 fully saturated rings. The van der Waals surface area contributed by atoms with Crippen LogP contribution in [0.25, 0.3) is 11.0 Å². The number of benzene rings is 2. The summed E-state index contributed by atoms with van der Waals surface area (Å²) in [5, 5.41) is 6.06. The van der Waals surface area contributed by atoms with Gasteiger partial charge in [0.2, 0.25) is 0 Å². The predicted octanol–water partition coefficient (Wildman–Crippen LogP) is 7.01. The van der Waals surface area contributed by atoms with Crippen molar-refractivity contribution in [2.75, 3.05) is 11.4 Å². The number of nitrogens with one attached hydrogen (secondary N) is 1. The van der Waals surface area contributed by atoms with Crippen molar-refractivity contribution in [3.63, 3.8) is 0 Å². The fourth-order valence-corrected chi connectivity index (χ4v) is 5.00. The van der Waals surface area contributed by atoms with E-state index in [4.69, 9.17) is 27.6 Å². The first-order chi connectivity index (χ1) is 15.2. The molecule has 0 spiro atoms. The van der Waals surface area contributed by atoms with E-state index in [1.54, 1.807) is 30.5 Å². The molecule has 5 nitrogen and oxygen atoms in total. The van der Waals surface area contributed by atoms with E-state index >= 15 is 0 Å². The minimum atomic E-state index is -0.438. The lowest BCUT2D eigenvalue weighted by Gasteiger charge is -2.47. The topological polar surface area (TPSA) is 57.8 Å². The summed E-state index contributed by atoms with van der Waals surface area (Å²) in [5.74, 6) is 0.128. The second kappa shape index (κ2) is 8.80. The zero-order chi connectivity index (χ0) is 23.0. The Hall–Kier alpha value is -2.50. The summed E-state index contributed by atoms with van der Waals surface area (Å²) in [6.45, 7) is 9.99. The number of hydrogen-bond acceptors (Lipinski definition) is 4. The number of anilines is 1. The van der Waals surface area contributed by atoms with E-state index < -0.39 is 5.91 Å². The van der Waals surface area contributed by atoms with Gasteiger partial charge >= 0.3 is 5.91 Å². The van der Waals surface area contributed by atoms with Gasteiger partial charge in [0.25, 0.3) is 0 Å². The molecular formula is C25H27Cl2N3O2. The van der Waals surface area contributed by atoms with Gasteiger partial charge in [-0.2, -0.15) is 5.10 Å². The van der Waals surface area contributed by atoms with Crippen LogP contribution in [0, 0.1) is 0 Å². The Bertz CT molecular complexity index is 1200. The van der Waals surface area contributed by atoms with Crippen LogP contribution in [-0.4, -0.2) is 24.2 Å². The van der Waals surface area contributed by atoms with E-state index in [1.165, 1.54) is 11.3 Å². The molecule has 4 rings (SSSR count). The van der Waals surface area contributed by atoms with Crippen LogP contribution in [0.1, 0.15) is 68.1 Å². The third-order valence-corrected chi connectivity index (χ3v) is 6.59. The lowest BCUT2D eigenvalue weighted by atomic mass is 9.79. The Morgan fingerprint density at radius 1 is 1.28 bits per heavy atom. The number of fused-ring (bicyclic) bond motifs is 2. The van der Waals surface area contributed by atoms with Gasteiger partial charge < -0.3 is 9.32 Å². The lowest BCUT2D eigenvalue weighted by molar-refractivity contribution is 0.0929. The van der Waals surface area contributed by atoms with E-state index in [0.29, 0.717) is 21.5 Å². The Labute approximate surface area is 198 Å². The molecule has 1 aromatic heterocycles. The average Bonchev–Trinajstić information content (AvgIpc) is 3.14. The van der Waals surface area contributed by atoms with E-state index in [2.05, 4.69) is 49.2 Å². The third kappa shape index (κ3) is 4.37. The molecular weight excluding hydrogens is 445 g/mol. The number of nitrogens with zero attached hydrogens (tertiary/aromatic N) is 2. The van der Waals surface area contributed by atoms with Crippen molar-refractivity contribution in [2.24, 2.45) is 5.10 Å². The molecule has 0 saturated heterocycles. The molecule has 3 aromatic rings. The van der Waals surface area contributed by atoms with Gasteiger partial charge in [-0.3, -0.25) is 4.79 Å². The third-order valence-electron chi connectivity index (χ3n) is 6.02. The van der Waals surface area contributed by atoms with Gasteiger partial charge in [-0.15, -0.1) is 0 Å². The van der Waals surface area contributed by atoms with Crippen molar-refractivity contribution < 1.29 is 9.21 Å². The fraction of sp³-hybridized carbons (Fsp3) is 0.360. The molecule has 32 heavy (non-hydrogen) atoms. The first-order valence-corrected chi connectivity index (χ1v) is 11.6. The van der Waals surface area contributed by atoms with Crippen LogP contribution >= 0.6 is 23.2 Å². The molecule has 1 aliphatic heterocycles. The molecule has 0 bridgehead atoms. The van der Waals surface area contributed by atoms with Gasteiger partial charge in [0.15, 0.2) is 5.76 Å². The molecule has 0 saturated carbocycles. The van der Waals surface area contributed by atoms with Crippen molar-refractivity contribution in [3.8, 4) is 0 Å². The summed E-state index contributed by atoms with van der Waals surface area (Å²) >= 11 is 12.6. The maximum absolute atomic E-state index is 12.5. The largest absolute Gasteiger partial charge is 0.451 e. The molecule has 2 aromatic carbocycles. The molecule has 2 heterocycles. The van der Waals surface area contributed by atoms with Crippen LogP contribution in [0.2, 0.25) is 10.0 Å². The number of hydrazone groups is 1. The summed E-state index contributed by atoms with van der Waals surface area (Å²) < 4.78 is 5.58. The minimum absolute atomic E-state index is 0.0755. The molecule has 1 atom stereocenters. The van der Waals surface area contributed by atoms with Crippen molar-refractivity contribution >= 4 is 52.0 Å². The molecule has 1 N–H and O–H groups in total. The fourth-order valence-electron chi connectivity index (χ4n) is 4.61. The molecule has 7 heteroatoms. The number of carbonyl (C=O) groups is 1. The normalized spacial score (nSPS) is 17.7. The Balaban J connectivity index is 1.55. The van der Waals surface area contributed by atoms with Gasteiger partial charge in [0.1, 0.15) is 5.58 Å². The van der Waals surface area contributed by atoms with Gasteiger partial charge in [-0.25, -0.2) is 5.43 Å². The summed E-state index contributed by atoms with van der Waals surface area (Å²) in [6.07, 6.45) is 3.71.